The number of nitrogens with one attached hydrogen (secondary N) is 1. The summed E-state index contributed by atoms with van der Waals surface area (Å²) >= 11 is 0. The zero-order valence-corrected chi connectivity index (χ0v) is 15.0. The van der Waals surface area contributed by atoms with E-state index < -0.39 is 12.0 Å². The van der Waals surface area contributed by atoms with Gasteiger partial charge in [-0.25, -0.2) is 4.79 Å². The van der Waals surface area contributed by atoms with Crippen LogP contribution in [0.1, 0.15) is 41.1 Å². The number of aryl methyl sites for hydroxylation is 1. The molecule has 1 aromatic heterocycles. The molecule has 8 nitrogen and oxygen atoms in total. The summed E-state index contributed by atoms with van der Waals surface area (Å²) in [5, 5.41) is 15.9. The Morgan fingerprint density at radius 2 is 2.11 bits per heavy atom. The van der Waals surface area contributed by atoms with E-state index in [2.05, 4.69) is 10.5 Å². The maximum Gasteiger partial charge on any atom is 0.326 e. The summed E-state index contributed by atoms with van der Waals surface area (Å²) in [4.78, 5) is 37.7. The van der Waals surface area contributed by atoms with Crippen LogP contribution in [-0.2, 0) is 16.0 Å². The van der Waals surface area contributed by atoms with Crippen LogP contribution in [0.2, 0.25) is 0 Å². The van der Waals surface area contributed by atoms with Gasteiger partial charge < -0.3 is 19.8 Å². The molecule has 0 bridgehead atoms. The minimum absolute atomic E-state index is 0.0583. The molecule has 1 aromatic carbocycles. The first-order chi connectivity index (χ1) is 12.9. The van der Waals surface area contributed by atoms with E-state index in [-0.39, 0.29) is 18.2 Å². The number of aliphatic carboxylic acids is 1. The van der Waals surface area contributed by atoms with Gasteiger partial charge in [0.2, 0.25) is 5.91 Å². The van der Waals surface area contributed by atoms with Crippen LogP contribution in [0.5, 0.6) is 0 Å². The molecular formula is C19H21N3O5. The molecule has 2 aromatic rings. The summed E-state index contributed by atoms with van der Waals surface area (Å²) in [7, 11) is 0. The first kappa shape index (κ1) is 18.6. The highest BCUT2D eigenvalue weighted by molar-refractivity contribution is 5.99. The van der Waals surface area contributed by atoms with Crippen LogP contribution in [0.3, 0.4) is 0 Å². The highest BCUT2D eigenvalue weighted by Crippen LogP contribution is 2.21. The molecule has 2 N–H and O–H groups in total. The van der Waals surface area contributed by atoms with Gasteiger partial charge in [0, 0.05) is 23.9 Å². The van der Waals surface area contributed by atoms with Gasteiger partial charge in [0.1, 0.15) is 11.8 Å². The molecule has 3 rings (SSSR count). The number of anilines is 1. The number of benzene rings is 1. The van der Waals surface area contributed by atoms with Crippen LogP contribution >= 0.6 is 0 Å². The Kier molecular flexibility index (Phi) is 5.54. The van der Waals surface area contributed by atoms with Crippen LogP contribution < -0.4 is 5.32 Å². The number of amides is 2. The largest absolute Gasteiger partial charge is 0.480 e. The number of aromatic nitrogens is 1. The number of likely N-dealkylation sites (tertiary alicyclic amines) is 1. The van der Waals surface area contributed by atoms with Crippen molar-refractivity contribution >= 4 is 23.5 Å². The third kappa shape index (κ3) is 4.52. The molecule has 1 atom stereocenters. The number of piperidine rings is 1. The molecule has 1 saturated heterocycles. The quantitative estimate of drug-likeness (QED) is 0.833. The lowest BCUT2D eigenvalue weighted by Crippen LogP contribution is -2.48. The third-order valence-electron chi connectivity index (χ3n) is 4.46. The summed E-state index contributed by atoms with van der Waals surface area (Å²) in [6.07, 6.45) is 2.08. The van der Waals surface area contributed by atoms with Crippen molar-refractivity contribution in [2.24, 2.45) is 0 Å². The van der Waals surface area contributed by atoms with Gasteiger partial charge >= 0.3 is 5.97 Å². The number of rotatable bonds is 5. The van der Waals surface area contributed by atoms with Gasteiger partial charge in [-0.15, -0.1) is 0 Å². The van der Waals surface area contributed by atoms with Gasteiger partial charge in [0.05, 0.1) is 12.1 Å². The SMILES string of the molecule is Cc1cc(CC(=O)Nc2cccc(C(=O)N3CCCCC3C(=O)O)c2)no1. The van der Waals surface area contributed by atoms with E-state index in [1.54, 1.807) is 37.3 Å². The molecule has 1 aliphatic rings. The standard InChI is InChI=1S/C19H21N3O5/c1-12-9-15(21-27-12)11-17(23)20-14-6-4-5-13(10-14)18(24)22-8-3-2-7-16(22)19(25)26/h4-6,9-10,16H,2-3,7-8,11H2,1H3,(H,20,23)(H,25,26). The van der Waals surface area contributed by atoms with E-state index in [1.165, 1.54) is 4.90 Å². The molecule has 1 fully saturated rings. The fourth-order valence-electron chi connectivity index (χ4n) is 3.20. The monoisotopic (exact) mass is 371 g/mol. The first-order valence-corrected chi connectivity index (χ1v) is 8.80. The van der Waals surface area contributed by atoms with E-state index >= 15 is 0 Å². The van der Waals surface area contributed by atoms with Crippen molar-refractivity contribution in [3.63, 3.8) is 0 Å². The molecule has 2 heterocycles. The summed E-state index contributed by atoms with van der Waals surface area (Å²) in [6, 6.07) is 7.38. The number of carbonyl (C=O) groups is 3. The normalized spacial score (nSPS) is 16.8. The predicted octanol–water partition coefficient (Wildman–Crippen LogP) is 2.24. The van der Waals surface area contributed by atoms with Gasteiger partial charge in [-0.3, -0.25) is 9.59 Å². The molecule has 0 radical (unpaired) electrons. The van der Waals surface area contributed by atoms with Gasteiger partial charge in [-0.05, 0) is 44.4 Å². The Morgan fingerprint density at radius 3 is 2.81 bits per heavy atom. The second-order valence-electron chi connectivity index (χ2n) is 6.58. The fraction of sp³-hybridized carbons (Fsp3) is 0.368. The van der Waals surface area contributed by atoms with Gasteiger partial charge in [-0.1, -0.05) is 11.2 Å². The smallest absolute Gasteiger partial charge is 0.326 e. The molecule has 1 unspecified atom stereocenters. The molecule has 0 saturated carbocycles. The van der Waals surface area contributed by atoms with E-state index in [4.69, 9.17) is 4.52 Å². The van der Waals surface area contributed by atoms with Crippen molar-refractivity contribution in [3.8, 4) is 0 Å². The maximum atomic E-state index is 12.8. The third-order valence-corrected chi connectivity index (χ3v) is 4.46. The van der Waals surface area contributed by atoms with E-state index in [0.29, 0.717) is 35.7 Å². The van der Waals surface area contributed by atoms with E-state index in [0.717, 1.165) is 12.8 Å². The second-order valence-corrected chi connectivity index (χ2v) is 6.58. The summed E-state index contributed by atoms with van der Waals surface area (Å²) in [5.41, 5.74) is 1.34. The van der Waals surface area contributed by atoms with Gasteiger partial charge in [0.25, 0.3) is 5.91 Å². The Morgan fingerprint density at radius 1 is 1.30 bits per heavy atom. The minimum atomic E-state index is -0.990. The summed E-state index contributed by atoms with van der Waals surface area (Å²) in [6.45, 7) is 2.16. The van der Waals surface area contributed by atoms with Crippen LogP contribution in [0, 0.1) is 6.92 Å². The lowest BCUT2D eigenvalue weighted by atomic mass is 10.0. The molecular weight excluding hydrogens is 350 g/mol. The van der Waals surface area contributed by atoms with Crippen molar-refractivity contribution in [1.29, 1.82) is 0 Å². The topological polar surface area (TPSA) is 113 Å². The highest BCUT2D eigenvalue weighted by atomic mass is 16.5. The Bertz CT molecular complexity index is 861. The van der Waals surface area contributed by atoms with Gasteiger partial charge in [0.15, 0.2) is 0 Å². The average molecular weight is 371 g/mol. The number of carbonyl (C=O) groups excluding carboxylic acids is 2. The fourth-order valence-corrected chi connectivity index (χ4v) is 3.20. The predicted molar refractivity (Wildman–Crippen MR) is 96.3 cm³/mol. The minimum Gasteiger partial charge on any atom is -0.480 e. The van der Waals surface area contributed by atoms with Gasteiger partial charge in [-0.2, -0.15) is 0 Å². The van der Waals surface area contributed by atoms with E-state index in [9.17, 15) is 19.5 Å². The number of carboxylic acids is 1. The molecule has 0 spiro atoms. The lowest BCUT2D eigenvalue weighted by molar-refractivity contribution is -0.143. The molecule has 142 valence electrons. The van der Waals surface area contributed by atoms with Crippen molar-refractivity contribution in [3.05, 3.63) is 47.3 Å². The summed E-state index contributed by atoms with van der Waals surface area (Å²) < 4.78 is 4.93. The molecule has 1 aliphatic heterocycles. The molecule has 0 aliphatic carbocycles. The Hall–Kier alpha value is -3.16. The van der Waals surface area contributed by atoms with Crippen LogP contribution in [0.25, 0.3) is 0 Å². The average Bonchev–Trinajstić information content (AvgIpc) is 3.05. The molecule has 2 amide bonds. The number of hydrogen-bond donors (Lipinski definition) is 2. The maximum absolute atomic E-state index is 12.8. The second kappa shape index (κ2) is 8.03. The molecule has 27 heavy (non-hydrogen) atoms. The van der Waals surface area contributed by atoms with Crippen molar-refractivity contribution in [1.82, 2.24) is 10.1 Å². The number of carboxylic acid groups (broad SMARTS) is 1. The molecule has 8 heteroatoms. The van der Waals surface area contributed by atoms with E-state index in [1.807, 2.05) is 0 Å². The first-order valence-electron chi connectivity index (χ1n) is 8.80. The Labute approximate surface area is 156 Å². The highest BCUT2D eigenvalue weighted by Gasteiger charge is 2.32. The van der Waals surface area contributed by atoms with Crippen molar-refractivity contribution < 1.29 is 24.0 Å². The zero-order chi connectivity index (χ0) is 19.4. The van der Waals surface area contributed by atoms with Crippen LogP contribution in [-0.4, -0.2) is 45.5 Å². The Balaban J connectivity index is 1.69. The zero-order valence-electron chi connectivity index (χ0n) is 15.0. The van der Waals surface area contributed by atoms with Crippen molar-refractivity contribution in [2.75, 3.05) is 11.9 Å². The number of hydrogen-bond acceptors (Lipinski definition) is 5. The van der Waals surface area contributed by atoms with Crippen LogP contribution in [0.15, 0.2) is 34.9 Å². The lowest BCUT2D eigenvalue weighted by Gasteiger charge is -2.33. The summed E-state index contributed by atoms with van der Waals surface area (Å²) in [5.74, 6) is -0.991. The number of nitrogens with zero attached hydrogens (tertiary/aromatic N) is 2. The van der Waals surface area contributed by atoms with Crippen molar-refractivity contribution in [2.45, 2.75) is 38.6 Å². The van der Waals surface area contributed by atoms with Crippen LogP contribution in [0.4, 0.5) is 5.69 Å².